The molecule has 0 aromatic heterocycles. The summed E-state index contributed by atoms with van der Waals surface area (Å²) in [6.45, 7) is 5.47. The predicted octanol–water partition coefficient (Wildman–Crippen LogP) is 4.59. The van der Waals surface area contributed by atoms with Crippen LogP contribution < -0.4 is 9.80 Å². The molecule has 0 saturated carbocycles. The maximum absolute atomic E-state index is 12.5. The third kappa shape index (κ3) is 6.87. The molecule has 1 aliphatic carbocycles. The summed E-state index contributed by atoms with van der Waals surface area (Å²) in [5.74, 6) is 0.202. The maximum Gasteiger partial charge on any atom is 0.222 e. The lowest BCUT2D eigenvalue weighted by atomic mass is 9.89. The molecule has 2 aromatic carbocycles. The van der Waals surface area contributed by atoms with Gasteiger partial charge in [0.05, 0.1) is 0 Å². The molecule has 0 unspecified atom stereocenters. The summed E-state index contributed by atoms with van der Waals surface area (Å²) in [6.07, 6.45) is 8.69. The van der Waals surface area contributed by atoms with Gasteiger partial charge >= 0.3 is 0 Å². The molecule has 0 spiro atoms. The molecule has 4 rings (SSSR count). The fourth-order valence-electron chi connectivity index (χ4n) is 5.34. The van der Waals surface area contributed by atoms with Gasteiger partial charge in [0.15, 0.2) is 0 Å². The highest BCUT2D eigenvalue weighted by molar-refractivity contribution is 6.07. The van der Waals surface area contributed by atoms with E-state index in [1.807, 2.05) is 4.90 Å². The van der Waals surface area contributed by atoms with E-state index >= 15 is 0 Å². The number of nitrogens with zero attached hydrogens (tertiary/aromatic N) is 4. The van der Waals surface area contributed by atoms with Crippen LogP contribution in [0.25, 0.3) is 5.57 Å². The Morgan fingerprint density at radius 3 is 2.05 bits per heavy atom. The van der Waals surface area contributed by atoms with Gasteiger partial charge in [-0.3, -0.25) is 4.79 Å². The zero-order valence-electron chi connectivity index (χ0n) is 24.2. The van der Waals surface area contributed by atoms with Crippen molar-refractivity contribution in [3.63, 3.8) is 0 Å². The second kappa shape index (κ2) is 12.9. The SMILES string of the molecule is CC1=C/C(=C(/c2ccc(N(C)C)cc2)c2ccc(N3CCN(C(=O)CCCCO)CC3)cc2)C=CC1=[N+](C)C. The quantitative estimate of drug-likeness (QED) is 0.403. The van der Waals surface area contributed by atoms with E-state index < -0.39 is 0 Å². The third-order valence-electron chi connectivity index (χ3n) is 7.59. The Labute approximate surface area is 233 Å². The number of aliphatic hydroxyl groups is 1. The molecule has 1 aliphatic heterocycles. The van der Waals surface area contributed by atoms with E-state index in [9.17, 15) is 4.79 Å². The lowest BCUT2D eigenvalue weighted by molar-refractivity contribution is -0.463. The van der Waals surface area contributed by atoms with Crippen molar-refractivity contribution in [2.75, 3.05) is 70.8 Å². The predicted molar refractivity (Wildman–Crippen MR) is 163 cm³/mol. The van der Waals surface area contributed by atoms with E-state index in [0.717, 1.165) is 32.6 Å². The average Bonchev–Trinajstić information content (AvgIpc) is 2.94. The first-order valence-corrected chi connectivity index (χ1v) is 14.0. The van der Waals surface area contributed by atoms with E-state index in [-0.39, 0.29) is 12.5 Å². The van der Waals surface area contributed by atoms with E-state index in [4.69, 9.17) is 5.11 Å². The summed E-state index contributed by atoms with van der Waals surface area (Å²) in [7, 11) is 8.29. The molecule has 1 heterocycles. The highest BCUT2D eigenvalue weighted by Gasteiger charge is 2.22. The maximum atomic E-state index is 12.5. The van der Waals surface area contributed by atoms with Gasteiger partial charge in [0.25, 0.3) is 0 Å². The summed E-state index contributed by atoms with van der Waals surface area (Å²) < 4.78 is 2.15. The van der Waals surface area contributed by atoms with E-state index in [1.54, 1.807) is 0 Å². The van der Waals surface area contributed by atoms with Gasteiger partial charge in [-0.25, -0.2) is 4.58 Å². The molecule has 206 valence electrons. The van der Waals surface area contributed by atoms with Crippen LogP contribution in [0.4, 0.5) is 11.4 Å². The van der Waals surface area contributed by atoms with Crippen LogP contribution in [-0.2, 0) is 4.79 Å². The molecule has 1 saturated heterocycles. The first-order valence-electron chi connectivity index (χ1n) is 14.0. The van der Waals surface area contributed by atoms with Crippen LogP contribution in [0.15, 0.2) is 77.9 Å². The Bertz CT molecular complexity index is 1270. The fourth-order valence-corrected chi connectivity index (χ4v) is 5.34. The van der Waals surface area contributed by atoms with Gasteiger partial charge in [0.2, 0.25) is 11.6 Å². The standard InChI is InChI=1S/C33H43N4O2/c1-25-24-28(13-18-31(25)35(4)5)33(26-9-14-29(15-10-26)34(2)3)27-11-16-30(17-12-27)36-19-21-37(22-20-36)32(39)8-6-7-23-38/h9-18,24,38H,6-8,19-23H2,1-5H3/q+1. The number of aliphatic hydroxyl groups excluding tert-OH is 1. The third-order valence-corrected chi connectivity index (χ3v) is 7.59. The minimum atomic E-state index is 0.151. The molecule has 0 atom stereocenters. The van der Waals surface area contributed by atoms with Crippen molar-refractivity contribution in [3.8, 4) is 0 Å². The number of amides is 1. The number of anilines is 2. The molecule has 0 radical (unpaired) electrons. The van der Waals surface area contributed by atoms with Crippen LogP contribution in [0.2, 0.25) is 0 Å². The van der Waals surface area contributed by atoms with Crippen molar-refractivity contribution < 1.29 is 14.5 Å². The number of benzene rings is 2. The zero-order valence-corrected chi connectivity index (χ0v) is 24.2. The van der Waals surface area contributed by atoms with E-state index in [1.165, 1.54) is 44.9 Å². The second-order valence-corrected chi connectivity index (χ2v) is 10.8. The number of piperazine rings is 1. The lowest BCUT2D eigenvalue weighted by Gasteiger charge is -2.36. The number of carbonyl (C=O) groups excluding carboxylic acids is 1. The largest absolute Gasteiger partial charge is 0.396 e. The van der Waals surface area contributed by atoms with Gasteiger partial charge in [-0.2, -0.15) is 0 Å². The van der Waals surface area contributed by atoms with Crippen LogP contribution in [0.5, 0.6) is 0 Å². The zero-order chi connectivity index (χ0) is 27.9. The van der Waals surface area contributed by atoms with Crippen molar-refractivity contribution in [3.05, 3.63) is 89.0 Å². The molecule has 6 heteroatoms. The van der Waals surface area contributed by atoms with Crippen molar-refractivity contribution in [1.82, 2.24) is 4.90 Å². The Kier molecular flexibility index (Phi) is 9.41. The van der Waals surface area contributed by atoms with Crippen LogP contribution in [0.1, 0.15) is 37.3 Å². The summed E-state index contributed by atoms with van der Waals surface area (Å²) >= 11 is 0. The minimum Gasteiger partial charge on any atom is -0.396 e. The van der Waals surface area contributed by atoms with Gasteiger partial charge in [-0.15, -0.1) is 0 Å². The molecule has 2 aliphatic rings. The van der Waals surface area contributed by atoms with Gasteiger partial charge in [0.1, 0.15) is 14.1 Å². The first-order chi connectivity index (χ1) is 18.8. The average molecular weight is 528 g/mol. The minimum absolute atomic E-state index is 0.151. The first kappa shape index (κ1) is 28.4. The van der Waals surface area contributed by atoms with E-state index in [2.05, 4.69) is 116 Å². The van der Waals surface area contributed by atoms with Crippen LogP contribution >= 0.6 is 0 Å². The highest BCUT2D eigenvalue weighted by Crippen LogP contribution is 2.33. The molecule has 1 N–H and O–H groups in total. The molecule has 1 amide bonds. The topological polar surface area (TPSA) is 50.0 Å². The molecule has 6 nitrogen and oxygen atoms in total. The Balaban J connectivity index is 1.58. The van der Waals surface area contributed by atoms with E-state index in [0.29, 0.717) is 12.8 Å². The highest BCUT2D eigenvalue weighted by atomic mass is 16.3. The van der Waals surface area contributed by atoms with Crippen molar-refractivity contribution in [2.24, 2.45) is 0 Å². The molecule has 1 fully saturated rings. The molecule has 0 bridgehead atoms. The number of allylic oxidation sites excluding steroid dienone is 5. The molecular weight excluding hydrogens is 484 g/mol. The van der Waals surface area contributed by atoms with Crippen molar-refractivity contribution >= 4 is 28.6 Å². The Morgan fingerprint density at radius 2 is 1.51 bits per heavy atom. The number of carbonyl (C=O) groups is 1. The summed E-state index contributed by atoms with van der Waals surface area (Å²) in [4.78, 5) is 18.9. The number of rotatable bonds is 8. The lowest BCUT2D eigenvalue weighted by Crippen LogP contribution is -2.48. The monoisotopic (exact) mass is 527 g/mol. The Hall–Kier alpha value is -3.64. The van der Waals surface area contributed by atoms with Gasteiger partial charge in [-0.05, 0) is 78.5 Å². The molecule has 39 heavy (non-hydrogen) atoms. The van der Waals surface area contributed by atoms with Crippen LogP contribution in [0.3, 0.4) is 0 Å². The summed E-state index contributed by atoms with van der Waals surface area (Å²) in [5, 5.41) is 8.97. The summed E-state index contributed by atoms with van der Waals surface area (Å²) in [5.41, 5.74) is 9.65. The van der Waals surface area contributed by atoms with Crippen LogP contribution in [0, 0.1) is 0 Å². The number of hydrogen-bond acceptors (Lipinski definition) is 4. The number of hydrogen-bond donors (Lipinski definition) is 1. The normalized spacial score (nSPS) is 16.8. The van der Waals surface area contributed by atoms with Crippen molar-refractivity contribution in [2.45, 2.75) is 26.2 Å². The number of unbranched alkanes of at least 4 members (excludes halogenated alkanes) is 1. The van der Waals surface area contributed by atoms with Crippen molar-refractivity contribution in [1.29, 1.82) is 0 Å². The van der Waals surface area contributed by atoms with Gasteiger partial charge in [-0.1, -0.05) is 24.3 Å². The summed E-state index contributed by atoms with van der Waals surface area (Å²) in [6, 6.07) is 17.7. The Morgan fingerprint density at radius 1 is 0.897 bits per heavy atom. The fraction of sp³-hybridized carbons (Fsp3) is 0.394. The van der Waals surface area contributed by atoms with Crippen LogP contribution in [-0.4, -0.2) is 87.2 Å². The molecule has 2 aromatic rings. The molecular formula is C33H43N4O2+. The van der Waals surface area contributed by atoms with Gasteiger partial charge in [0, 0.05) is 76.3 Å². The van der Waals surface area contributed by atoms with Gasteiger partial charge < -0.3 is 19.8 Å². The smallest absolute Gasteiger partial charge is 0.222 e. The second-order valence-electron chi connectivity index (χ2n) is 10.8.